The number of aryl methyl sites for hydroxylation is 1. The molecule has 2 aromatic rings. The molecule has 0 spiro atoms. The first-order valence-electron chi connectivity index (χ1n) is 13.3. The molecule has 3 aliphatic rings. The van der Waals surface area contributed by atoms with Crippen LogP contribution in [0, 0.1) is 17.3 Å². The average molecular weight is 541 g/mol. The molecule has 0 heterocycles. The van der Waals surface area contributed by atoms with Crippen molar-refractivity contribution in [3.8, 4) is 5.75 Å². The van der Waals surface area contributed by atoms with Crippen molar-refractivity contribution in [1.29, 1.82) is 0 Å². The third-order valence-corrected chi connectivity index (χ3v) is 10.5. The molecule has 2 fully saturated rings. The fourth-order valence-electron chi connectivity index (χ4n) is 7.28. The molecule has 38 heavy (non-hydrogen) atoms. The van der Waals surface area contributed by atoms with Crippen molar-refractivity contribution < 1.29 is 27.9 Å². The number of amides is 1. The summed E-state index contributed by atoms with van der Waals surface area (Å²) in [6.45, 7) is 3.91. The van der Waals surface area contributed by atoms with Crippen LogP contribution < -0.4 is 5.14 Å². The van der Waals surface area contributed by atoms with Crippen molar-refractivity contribution in [2.75, 3.05) is 7.05 Å². The fourth-order valence-corrected chi connectivity index (χ4v) is 7.79. The Kier molecular flexibility index (Phi) is 6.80. The van der Waals surface area contributed by atoms with Crippen LogP contribution in [0.3, 0.4) is 0 Å². The average Bonchev–Trinajstić information content (AvgIpc) is 3.22. The van der Waals surface area contributed by atoms with Crippen LogP contribution in [-0.4, -0.2) is 49.5 Å². The molecule has 0 aliphatic heterocycles. The Hall–Kier alpha value is -2.91. The van der Waals surface area contributed by atoms with E-state index >= 15 is 0 Å². The van der Waals surface area contributed by atoms with Crippen molar-refractivity contribution in [2.24, 2.45) is 22.4 Å². The Balaban J connectivity index is 1.25. The van der Waals surface area contributed by atoms with Crippen LogP contribution in [0.25, 0.3) is 0 Å². The minimum Gasteiger partial charge on any atom is -0.508 e. The lowest BCUT2D eigenvalue weighted by atomic mass is 9.55. The number of likely N-dealkylation sites (N-methyl/N-ethyl adjacent to an activating group) is 1. The van der Waals surface area contributed by atoms with Crippen LogP contribution in [0.15, 0.2) is 47.4 Å². The van der Waals surface area contributed by atoms with Gasteiger partial charge in [0.1, 0.15) is 17.9 Å². The number of fused-ring (bicyclic) bond motifs is 5. The van der Waals surface area contributed by atoms with Gasteiger partial charge >= 0.3 is 5.97 Å². The number of hydrogen-bond acceptors (Lipinski definition) is 6. The van der Waals surface area contributed by atoms with Gasteiger partial charge in [0, 0.05) is 18.0 Å². The predicted molar refractivity (Wildman–Crippen MR) is 142 cm³/mol. The van der Waals surface area contributed by atoms with Crippen molar-refractivity contribution >= 4 is 21.9 Å². The van der Waals surface area contributed by atoms with Gasteiger partial charge in [0.25, 0.3) is 5.91 Å². The lowest BCUT2D eigenvalue weighted by molar-refractivity contribution is -0.162. The van der Waals surface area contributed by atoms with Gasteiger partial charge in [-0.15, -0.1) is 0 Å². The fraction of sp³-hybridized carbons (Fsp3) is 0.517. The summed E-state index contributed by atoms with van der Waals surface area (Å²) in [4.78, 5) is 27.4. The normalized spacial score (nSPS) is 28.9. The third-order valence-electron chi connectivity index (χ3n) is 9.55. The number of phenols is 1. The largest absolute Gasteiger partial charge is 0.508 e. The van der Waals surface area contributed by atoms with Gasteiger partial charge in [-0.3, -0.25) is 4.79 Å². The van der Waals surface area contributed by atoms with Gasteiger partial charge in [-0.2, -0.15) is 0 Å². The number of nitrogens with two attached hydrogens (primary N) is 1. The van der Waals surface area contributed by atoms with E-state index in [-0.39, 0.29) is 22.0 Å². The number of carbonyl (C=O) groups is 2. The number of nitrogens with zero attached hydrogens (tertiary/aromatic N) is 1. The number of rotatable bonds is 5. The van der Waals surface area contributed by atoms with Gasteiger partial charge in [0.05, 0.1) is 4.90 Å². The van der Waals surface area contributed by atoms with Crippen molar-refractivity contribution in [2.45, 2.75) is 75.3 Å². The monoisotopic (exact) mass is 540 g/mol. The van der Waals surface area contributed by atoms with Crippen molar-refractivity contribution in [3.63, 3.8) is 0 Å². The number of benzene rings is 2. The molecular formula is C29H36N2O6S. The Morgan fingerprint density at radius 2 is 1.82 bits per heavy atom. The zero-order chi connectivity index (χ0) is 27.4. The Bertz CT molecular complexity index is 1360. The highest BCUT2D eigenvalue weighted by atomic mass is 32.2. The molecule has 0 bridgehead atoms. The smallest absolute Gasteiger partial charge is 0.328 e. The van der Waals surface area contributed by atoms with Gasteiger partial charge in [-0.25, -0.2) is 18.4 Å². The number of esters is 1. The van der Waals surface area contributed by atoms with Crippen LogP contribution in [0.5, 0.6) is 5.75 Å². The highest BCUT2D eigenvalue weighted by Crippen LogP contribution is 2.61. The number of ether oxygens (including phenoxy) is 1. The Morgan fingerprint density at radius 1 is 1.11 bits per heavy atom. The summed E-state index contributed by atoms with van der Waals surface area (Å²) >= 11 is 0. The van der Waals surface area contributed by atoms with E-state index in [1.54, 1.807) is 20.0 Å². The highest BCUT2D eigenvalue weighted by Gasteiger charge is 2.56. The number of carbonyl (C=O) groups excluding carboxylic acids is 2. The predicted octanol–water partition coefficient (Wildman–Crippen LogP) is 3.97. The van der Waals surface area contributed by atoms with Crippen LogP contribution in [0.1, 0.15) is 73.4 Å². The second-order valence-corrected chi connectivity index (χ2v) is 13.1. The van der Waals surface area contributed by atoms with E-state index < -0.39 is 27.9 Å². The molecule has 5 rings (SSSR count). The number of primary sulfonamides is 1. The molecule has 3 aliphatic carbocycles. The van der Waals surface area contributed by atoms with Gasteiger partial charge in [0.15, 0.2) is 0 Å². The summed E-state index contributed by atoms with van der Waals surface area (Å²) in [6, 6.07) is 10.3. The summed E-state index contributed by atoms with van der Waals surface area (Å²) in [6.07, 6.45) is 5.69. The highest BCUT2D eigenvalue weighted by molar-refractivity contribution is 7.89. The minimum atomic E-state index is -3.86. The Morgan fingerprint density at radius 3 is 2.50 bits per heavy atom. The molecule has 204 valence electrons. The number of aromatic hydroxyl groups is 1. The second kappa shape index (κ2) is 9.68. The SMILES string of the molecule is CC(C(=O)OC1CCC2C3CCc4cc(O)ccc4C3CCC12C)N(C)C(=O)c1ccc(S(N)(=O)=O)cc1. The van der Waals surface area contributed by atoms with E-state index in [1.165, 1.54) is 40.3 Å². The maximum atomic E-state index is 13.2. The minimum absolute atomic E-state index is 0.0810. The van der Waals surface area contributed by atoms with Gasteiger partial charge < -0.3 is 14.7 Å². The van der Waals surface area contributed by atoms with Crippen LogP contribution in [0.2, 0.25) is 0 Å². The molecule has 6 atom stereocenters. The third kappa shape index (κ3) is 4.60. The lowest BCUT2D eigenvalue weighted by Gasteiger charge is -2.50. The molecule has 2 aromatic carbocycles. The summed E-state index contributed by atoms with van der Waals surface area (Å²) in [7, 11) is -2.31. The molecule has 6 unspecified atom stereocenters. The van der Waals surface area contributed by atoms with E-state index in [0.29, 0.717) is 23.5 Å². The van der Waals surface area contributed by atoms with Crippen LogP contribution in [-0.2, 0) is 26.0 Å². The van der Waals surface area contributed by atoms with Crippen molar-refractivity contribution in [3.05, 3.63) is 59.2 Å². The van der Waals surface area contributed by atoms with Crippen LogP contribution >= 0.6 is 0 Å². The second-order valence-electron chi connectivity index (χ2n) is 11.5. The molecular weight excluding hydrogens is 504 g/mol. The standard InChI is InChI=1S/C29H36N2O6S/c1-17(31(3)27(33)18-4-8-21(9-5-18)38(30,35)36)28(34)37-26-13-12-25-24-10-6-19-16-20(32)7-11-22(19)23(24)14-15-29(25,26)2/h4-5,7-9,11,16-17,23-26,32H,6,10,12-15H2,1-3H3,(H2,30,35,36). The zero-order valence-electron chi connectivity index (χ0n) is 22.1. The first kappa shape index (κ1) is 26.7. The van der Waals surface area contributed by atoms with Gasteiger partial charge in [0.2, 0.25) is 10.0 Å². The van der Waals surface area contributed by atoms with E-state index in [2.05, 4.69) is 13.0 Å². The van der Waals surface area contributed by atoms with Gasteiger partial charge in [-0.1, -0.05) is 13.0 Å². The molecule has 2 saturated carbocycles. The summed E-state index contributed by atoms with van der Waals surface area (Å²) in [5.41, 5.74) is 2.79. The molecule has 0 saturated heterocycles. The topological polar surface area (TPSA) is 127 Å². The first-order chi connectivity index (χ1) is 17.9. The number of sulfonamides is 1. The maximum Gasteiger partial charge on any atom is 0.328 e. The molecule has 8 nitrogen and oxygen atoms in total. The quantitative estimate of drug-likeness (QED) is 0.553. The summed E-state index contributed by atoms with van der Waals surface area (Å²) in [5.74, 6) is 0.979. The zero-order valence-corrected chi connectivity index (χ0v) is 22.9. The molecule has 9 heteroatoms. The molecule has 0 aromatic heterocycles. The lowest BCUT2D eigenvalue weighted by Crippen LogP contribution is -2.47. The van der Waals surface area contributed by atoms with E-state index in [0.717, 1.165) is 38.5 Å². The van der Waals surface area contributed by atoms with E-state index in [4.69, 9.17) is 9.88 Å². The first-order valence-corrected chi connectivity index (χ1v) is 14.9. The number of hydrogen-bond donors (Lipinski definition) is 2. The number of phenolic OH excluding ortho intramolecular Hbond substituents is 1. The van der Waals surface area contributed by atoms with Gasteiger partial charge in [-0.05, 0) is 111 Å². The van der Waals surface area contributed by atoms with Crippen LogP contribution in [0.4, 0.5) is 0 Å². The van der Waals surface area contributed by atoms with Crippen molar-refractivity contribution in [1.82, 2.24) is 4.90 Å². The summed E-state index contributed by atoms with van der Waals surface area (Å²) in [5, 5.41) is 15.1. The molecule has 0 radical (unpaired) electrons. The molecule has 3 N–H and O–H groups in total. The van der Waals surface area contributed by atoms with E-state index in [1.807, 2.05) is 6.07 Å². The maximum absolute atomic E-state index is 13.2. The van der Waals surface area contributed by atoms with E-state index in [9.17, 15) is 23.1 Å². The molecule has 1 amide bonds. The Labute approximate surface area is 224 Å². The summed E-state index contributed by atoms with van der Waals surface area (Å²) < 4.78 is 29.1.